The molecule has 0 bridgehead atoms. The van der Waals surface area contributed by atoms with Crippen molar-refractivity contribution in [1.29, 1.82) is 0 Å². The Kier molecular flexibility index (Phi) is 3.48. The van der Waals surface area contributed by atoms with E-state index in [1.165, 1.54) is 6.07 Å². The Bertz CT molecular complexity index is 573. The summed E-state index contributed by atoms with van der Waals surface area (Å²) in [6.45, 7) is 6.86. The molecule has 0 radical (unpaired) electrons. The fourth-order valence-electron chi connectivity index (χ4n) is 1.98. The molecule has 18 heavy (non-hydrogen) atoms. The summed E-state index contributed by atoms with van der Waals surface area (Å²) in [5, 5.41) is 4.42. The van der Waals surface area contributed by atoms with Crippen LogP contribution >= 0.6 is 0 Å². The lowest BCUT2D eigenvalue weighted by molar-refractivity contribution is 0.577. The number of nitrogens with two attached hydrogens (primary N) is 1. The number of aromatic nitrogens is 2. The Morgan fingerprint density at radius 1 is 1.28 bits per heavy atom. The summed E-state index contributed by atoms with van der Waals surface area (Å²) >= 11 is 0. The number of aryl methyl sites for hydroxylation is 1. The quantitative estimate of drug-likeness (QED) is 0.905. The maximum absolute atomic E-state index is 13.7. The summed E-state index contributed by atoms with van der Waals surface area (Å²) in [6.07, 6.45) is 0. The second-order valence-electron chi connectivity index (χ2n) is 4.58. The number of benzene rings is 1. The Morgan fingerprint density at radius 3 is 2.56 bits per heavy atom. The summed E-state index contributed by atoms with van der Waals surface area (Å²) in [5.41, 5.74) is 10.4. The van der Waals surface area contributed by atoms with Gasteiger partial charge in [-0.3, -0.25) is 4.68 Å². The molecule has 96 valence electrons. The first-order chi connectivity index (χ1) is 8.52. The minimum absolute atomic E-state index is 0.211. The van der Waals surface area contributed by atoms with Crippen LogP contribution in [0.5, 0.6) is 0 Å². The van der Waals surface area contributed by atoms with E-state index in [0.29, 0.717) is 18.7 Å². The van der Waals surface area contributed by atoms with Crippen molar-refractivity contribution >= 4 is 0 Å². The zero-order valence-corrected chi connectivity index (χ0v) is 11.0. The van der Waals surface area contributed by atoms with Gasteiger partial charge in [-0.15, -0.1) is 0 Å². The topological polar surface area (TPSA) is 43.8 Å². The number of rotatable bonds is 3. The van der Waals surface area contributed by atoms with Gasteiger partial charge in [0.15, 0.2) is 0 Å². The lowest BCUT2D eigenvalue weighted by Gasteiger charge is -2.08. The minimum atomic E-state index is -0.211. The molecule has 1 aromatic carbocycles. The van der Waals surface area contributed by atoms with Gasteiger partial charge in [-0.25, -0.2) is 4.39 Å². The molecule has 0 aliphatic carbocycles. The Balaban J connectivity index is 2.36. The van der Waals surface area contributed by atoms with E-state index in [0.717, 1.165) is 22.5 Å². The van der Waals surface area contributed by atoms with Gasteiger partial charge in [0.05, 0.1) is 12.2 Å². The van der Waals surface area contributed by atoms with Crippen molar-refractivity contribution in [1.82, 2.24) is 9.78 Å². The van der Waals surface area contributed by atoms with Crippen LogP contribution in [-0.2, 0) is 13.1 Å². The first kappa shape index (κ1) is 12.8. The second kappa shape index (κ2) is 4.90. The lowest BCUT2D eigenvalue weighted by Crippen LogP contribution is -2.07. The van der Waals surface area contributed by atoms with Crippen molar-refractivity contribution in [2.75, 3.05) is 0 Å². The molecule has 0 atom stereocenters. The zero-order chi connectivity index (χ0) is 13.3. The number of hydrogen-bond donors (Lipinski definition) is 1. The molecule has 0 aliphatic rings. The number of hydrogen-bond acceptors (Lipinski definition) is 2. The maximum atomic E-state index is 13.7. The molecule has 0 saturated heterocycles. The van der Waals surface area contributed by atoms with Crippen LogP contribution in [0, 0.1) is 26.6 Å². The molecule has 0 unspecified atom stereocenters. The summed E-state index contributed by atoms with van der Waals surface area (Å²) in [6, 6.07) is 4.99. The van der Waals surface area contributed by atoms with Crippen LogP contribution in [0.15, 0.2) is 18.2 Å². The van der Waals surface area contributed by atoms with Gasteiger partial charge in [-0.05, 0) is 44.0 Å². The van der Waals surface area contributed by atoms with Crippen molar-refractivity contribution < 1.29 is 4.39 Å². The predicted molar refractivity (Wildman–Crippen MR) is 69.8 cm³/mol. The summed E-state index contributed by atoms with van der Waals surface area (Å²) in [4.78, 5) is 0. The van der Waals surface area contributed by atoms with Crippen molar-refractivity contribution in [3.8, 4) is 0 Å². The second-order valence-corrected chi connectivity index (χ2v) is 4.58. The highest BCUT2D eigenvalue weighted by atomic mass is 19.1. The van der Waals surface area contributed by atoms with E-state index in [-0.39, 0.29) is 5.82 Å². The molecule has 1 heterocycles. The van der Waals surface area contributed by atoms with Crippen molar-refractivity contribution in [3.05, 3.63) is 52.1 Å². The van der Waals surface area contributed by atoms with Crippen LogP contribution in [0.1, 0.15) is 28.1 Å². The molecule has 0 spiro atoms. The fourth-order valence-corrected chi connectivity index (χ4v) is 1.98. The minimum Gasteiger partial charge on any atom is -0.326 e. The van der Waals surface area contributed by atoms with E-state index in [1.807, 2.05) is 25.5 Å². The van der Waals surface area contributed by atoms with Gasteiger partial charge in [-0.2, -0.15) is 5.10 Å². The van der Waals surface area contributed by atoms with E-state index < -0.39 is 0 Å². The molecular formula is C14H18FN3. The van der Waals surface area contributed by atoms with E-state index in [2.05, 4.69) is 5.10 Å². The smallest absolute Gasteiger partial charge is 0.128 e. The van der Waals surface area contributed by atoms with Crippen molar-refractivity contribution in [3.63, 3.8) is 0 Å². The highest BCUT2D eigenvalue weighted by Crippen LogP contribution is 2.16. The third-order valence-corrected chi connectivity index (χ3v) is 3.41. The van der Waals surface area contributed by atoms with Crippen molar-refractivity contribution in [2.24, 2.45) is 5.73 Å². The molecular weight excluding hydrogens is 229 g/mol. The maximum Gasteiger partial charge on any atom is 0.128 e. The summed E-state index contributed by atoms with van der Waals surface area (Å²) < 4.78 is 15.6. The Hall–Kier alpha value is -1.68. The molecule has 1 aromatic heterocycles. The average molecular weight is 247 g/mol. The number of halogens is 1. The monoisotopic (exact) mass is 247 g/mol. The molecule has 2 aromatic rings. The summed E-state index contributed by atoms with van der Waals surface area (Å²) in [5.74, 6) is -0.211. The lowest BCUT2D eigenvalue weighted by atomic mass is 10.1. The largest absolute Gasteiger partial charge is 0.326 e. The molecule has 0 aliphatic heterocycles. The average Bonchev–Trinajstić information content (AvgIpc) is 2.60. The van der Waals surface area contributed by atoms with Gasteiger partial charge in [0.25, 0.3) is 0 Å². The van der Waals surface area contributed by atoms with Crippen LogP contribution in [0.2, 0.25) is 0 Å². The van der Waals surface area contributed by atoms with E-state index >= 15 is 0 Å². The third-order valence-electron chi connectivity index (χ3n) is 3.41. The standard InChI is InChI=1S/C14H18FN3/c1-9-10(2)17-18(11(9)3)8-13-6-12(7-16)4-5-14(13)15/h4-6H,7-8,16H2,1-3H3. The van der Waals surface area contributed by atoms with Crippen LogP contribution in [0.3, 0.4) is 0 Å². The molecule has 0 amide bonds. The molecule has 2 N–H and O–H groups in total. The Labute approximate surface area is 106 Å². The highest BCUT2D eigenvalue weighted by molar-refractivity contribution is 5.27. The van der Waals surface area contributed by atoms with Crippen LogP contribution in [-0.4, -0.2) is 9.78 Å². The third kappa shape index (κ3) is 2.29. The predicted octanol–water partition coefficient (Wildman–Crippen LogP) is 2.45. The fraction of sp³-hybridized carbons (Fsp3) is 0.357. The van der Waals surface area contributed by atoms with Gasteiger partial charge >= 0.3 is 0 Å². The van der Waals surface area contributed by atoms with Crippen LogP contribution < -0.4 is 5.73 Å². The normalized spacial score (nSPS) is 10.9. The summed E-state index contributed by atoms with van der Waals surface area (Å²) in [7, 11) is 0. The number of nitrogens with zero attached hydrogens (tertiary/aromatic N) is 2. The molecule has 4 heteroatoms. The Morgan fingerprint density at radius 2 is 2.00 bits per heavy atom. The van der Waals surface area contributed by atoms with Gasteiger partial charge in [0, 0.05) is 17.8 Å². The SMILES string of the molecule is Cc1nn(Cc2cc(CN)ccc2F)c(C)c1C. The first-order valence-electron chi connectivity index (χ1n) is 6.01. The van der Waals surface area contributed by atoms with Gasteiger partial charge in [0.1, 0.15) is 5.82 Å². The van der Waals surface area contributed by atoms with Crippen LogP contribution in [0.25, 0.3) is 0 Å². The van der Waals surface area contributed by atoms with Crippen LogP contribution in [0.4, 0.5) is 4.39 Å². The molecule has 3 nitrogen and oxygen atoms in total. The van der Waals surface area contributed by atoms with E-state index in [1.54, 1.807) is 12.1 Å². The van der Waals surface area contributed by atoms with E-state index in [4.69, 9.17) is 5.73 Å². The van der Waals surface area contributed by atoms with Gasteiger partial charge < -0.3 is 5.73 Å². The van der Waals surface area contributed by atoms with E-state index in [9.17, 15) is 4.39 Å². The van der Waals surface area contributed by atoms with Crippen molar-refractivity contribution in [2.45, 2.75) is 33.9 Å². The first-order valence-corrected chi connectivity index (χ1v) is 6.01. The zero-order valence-electron chi connectivity index (χ0n) is 11.0. The molecule has 0 fully saturated rings. The van der Waals surface area contributed by atoms with Gasteiger partial charge in [-0.1, -0.05) is 6.07 Å². The molecule has 0 saturated carbocycles. The highest BCUT2D eigenvalue weighted by Gasteiger charge is 2.10. The molecule has 2 rings (SSSR count). The van der Waals surface area contributed by atoms with Gasteiger partial charge in [0.2, 0.25) is 0 Å².